The van der Waals surface area contributed by atoms with E-state index in [9.17, 15) is 4.79 Å². The molecule has 1 aliphatic rings. The summed E-state index contributed by atoms with van der Waals surface area (Å²) in [4.78, 5) is 12.5. The first-order valence-electron chi connectivity index (χ1n) is 7.41. The number of rotatable bonds is 2. The highest BCUT2D eigenvalue weighted by Crippen LogP contribution is 2.39. The first-order valence-corrected chi connectivity index (χ1v) is 7.79. The Labute approximate surface area is 143 Å². The topological polar surface area (TPSA) is 64.4 Å². The number of carbonyl (C=O) groups excluding carboxylic acids is 1. The summed E-state index contributed by atoms with van der Waals surface area (Å²) in [6.07, 6.45) is 0. The molecule has 24 heavy (non-hydrogen) atoms. The number of benzene rings is 2. The maximum Gasteiger partial charge on any atom is 0.278 e. The van der Waals surface area contributed by atoms with E-state index in [-0.39, 0.29) is 18.2 Å². The molecule has 3 aromatic rings. The number of hydrogen-bond acceptors (Lipinski definition) is 4. The van der Waals surface area contributed by atoms with Crippen molar-refractivity contribution in [2.45, 2.75) is 13.5 Å². The predicted molar refractivity (Wildman–Crippen MR) is 90.4 cm³/mol. The Morgan fingerprint density at radius 2 is 2.12 bits per heavy atom. The summed E-state index contributed by atoms with van der Waals surface area (Å²) in [7, 11) is 0. The number of amides is 1. The number of nitrogens with one attached hydrogen (secondary N) is 1. The molecule has 2 aromatic carbocycles. The van der Waals surface area contributed by atoms with E-state index in [0.717, 1.165) is 16.9 Å². The highest BCUT2D eigenvalue weighted by atomic mass is 35.5. The van der Waals surface area contributed by atoms with Gasteiger partial charge in [-0.2, -0.15) is 0 Å². The third-order valence-electron chi connectivity index (χ3n) is 3.84. The molecule has 0 saturated heterocycles. The Bertz CT molecular complexity index is 949. The van der Waals surface area contributed by atoms with Crippen molar-refractivity contribution in [3.63, 3.8) is 0 Å². The van der Waals surface area contributed by atoms with Crippen molar-refractivity contribution < 1.29 is 14.1 Å². The number of fused-ring (bicyclic) bond motifs is 3. The lowest BCUT2D eigenvalue weighted by Crippen LogP contribution is -2.16. The average molecular weight is 341 g/mol. The van der Waals surface area contributed by atoms with Gasteiger partial charge in [0.15, 0.2) is 11.5 Å². The van der Waals surface area contributed by atoms with Crippen molar-refractivity contribution in [1.29, 1.82) is 0 Å². The fraction of sp³-hybridized carbons (Fsp3) is 0.111. The fourth-order valence-corrected chi connectivity index (χ4v) is 2.88. The third-order valence-corrected chi connectivity index (χ3v) is 4.07. The van der Waals surface area contributed by atoms with Crippen LogP contribution in [0, 0.1) is 6.92 Å². The lowest BCUT2D eigenvalue weighted by Gasteiger charge is -2.16. The van der Waals surface area contributed by atoms with Crippen LogP contribution >= 0.6 is 11.6 Å². The van der Waals surface area contributed by atoms with Crippen molar-refractivity contribution in [3.8, 4) is 17.1 Å². The Morgan fingerprint density at radius 1 is 1.25 bits per heavy atom. The molecule has 0 bridgehead atoms. The summed E-state index contributed by atoms with van der Waals surface area (Å²) in [5.41, 5.74) is 3.35. The predicted octanol–water partition coefficient (Wildman–Crippen LogP) is 4.45. The van der Waals surface area contributed by atoms with Crippen LogP contribution in [0.25, 0.3) is 11.3 Å². The summed E-state index contributed by atoms with van der Waals surface area (Å²) >= 11 is 5.93. The smallest absolute Gasteiger partial charge is 0.278 e. The van der Waals surface area contributed by atoms with Gasteiger partial charge in [0.1, 0.15) is 12.4 Å². The summed E-state index contributed by atoms with van der Waals surface area (Å²) < 4.78 is 11.2. The van der Waals surface area contributed by atoms with Crippen LogP contribution in [-0.2, 0) is 6.61 Å². The molecule has 0 spiro atoms. The molecular weight excluding hydrogens is 328 g/mol. The van der Waals surface area contributed by atoms with E-state index >= 15 is 0 Å². The number of anilines is 1. The Hall–Kier alpha value is -2.79. The normalized spacial score (nSPS) is 12.1. The highest BCUT2D eigenvalue weighted by molar-refractivity contribution is 6.31. The van der Waals surface area contributed by atoms with Crippen LogP contribution in [-0.4, -0.2) is 11.1 Å². The molecule has 0 aliphatic carbocycles. The van der Waals surface area contributed by atoms with Gasteiger partial charge < -0.3 is 14.6 Å². The van der Waals surface area contributed by atoms with E-state index < -0.39 is 0 Å². The molecule has 0 fully saturated rings. The molecule has 5 nitrogen and oxygen atoms in total. The number of nitrogens with zero attached hydrogens (tertiary/aromatic N) is 1. The van der Waals surface area contributed by atoms with Gasteiger partial charge >= 0.3 is 0 Å². The molecule has 6 heteroatoms. The zero-order valence-corrected chi connectivity index (χ0v) is 13.6. The van der Waals surface area contributed by atoms with E-state index in [1.165, 1.54) is 0 Å². The van der Waals surface area contributed by atoms with Crippen molar-refractivity contribution in [2.24, 2.45) is 0 Å². The van der Waals surface area contributed by atoms with Crippen LogP contribution in [0.3, 0.4) is 0 Å². The molecule has 1 aliphatic heterocycles. The molecule has 0 unspecified atom stereocenters. The number of carbonyl (C=O) groups is 1. The van der Waals surface area contributed by atoms with Crippen LogP contribution < -0.4 is 10.1 Å². The second-order valence-corrected chi connectivity index (χ2v) is 6.03. The van der Waals surface area contributed by atoms with Gasteiger partial charge in [0, 0.05) is 10.7 Å². The Balaban J connectivity index is 1.68. The standard InChI is InChI=1S/C18H13ClN2O3/c1-10-5-6-15-13(7-10)17-14(9-23-15)16(21-24-17)18(22)20-12-4-2-3-11(19)8-12/h2-8H,9H2,1H3,(H,20,22). The third kappa shape index (κ3) is 2.53. The molecule has 0 saturated carbocycles. The van der Waals surface area contributed by atoms with Crippen LogP contribution in [0.15, 0.2) is 47.0 Å². The zero-order valence-electron chi connectivity index (χ0n) is 12.8. The fourth-order valence-electron chi connectivity index (χ4n) is 2.69. The van der Waals surface area contributed by atoms with Crippen molar-refractivity contribution >= 4 is 23.2 Å². The van der Waals surface area contributed by atoms with Crippen molar-refractivity contribution in [2.75, 3.05) is 5.32 Å². The van der Waals surface area contributed by atoms with Crippen LogP contribution in [0.1, 0.15) is 21.6 Å². The average Bonchev–Trinajstić information content (AvgIpc) is 2.99. The summed E-state index contributed by atoms with van der Waals surface area (Å²) in [6, 6.07) is 12.7. The number of ether oxygens (including phenoxy) is 1. The van der Waals surface area contributed by atoms with Gasteiger partial charge in [0.25, 0.3) is 5.91 Å². The number of aryl methyl sites for hydroxylation is 1. The second kappa shape index (κ2) is 5.69. The van der Waals surface area contributed by atoms with Crippen molar-refractivity contribution in [1.82, 2.24) is 5.16 Å². The molecule has 2 heterocycles. The number of aromatic nitrogens is 1. The summed E-state index contributed by atoms with van der Waals surface area (Å²) in [6.45, 7) is 2.23. The minimum absolute atomic E-state index is 0.220. The van der Waals surface area contributed by atoms with E-state index in [0.29, 0.717) is 22.0 Å². The molecule has 0 radical (unpaired) electrons. The molecule has 1 amide bonds. The molecule has 0 atom stereocenters. The molecule has 1 N–H and O–H groups in total. The van der Waals surface area contributed by atoms with Crippen LogP contribution in [0.4, 0.5) is 5.69 Å². The lowest BCUT2D eigenvalue weighted by molar-refractivity contribution is 0.101. The largest absolute Gasteiger partial charge is 0.488 e. The molecule has 4 rings (SSSR count). The van der Waals surface area contributed by atoms with Gasteiger partial charge in [-0.1, -0.05) is 34.5 Å². The maximum atomic E-state index is 12.5. The van der Waals surface area contributed by atoms with Crippen LogP contribution in [0.5, 0.6) is 5.75 Å². The lowest BCUT2D eigenvalue weighted by atomic mass is 10.0. The zero-order chi connectivity index (χ0) is 16.7. The summed E-state index contributed by atoms with van der Waals surface area (Å²) in [5, 5.41) is 7.26. The Kier molecular flexibility index (Phi) is 3.50. The van der Waals surface area contributed by atoms with E-state index in [1.54, 1.807) is 24.3 Å². The second-order valence-electron chi connectivity index (χ2n) is 5.59. The minimum atomic E-state index is -0.359. The molecule has 120 valence electrons. The van der Waals surface area contributed by atoms with Crippen LogP contribution in [0.2, 0.25) is 5.02 Å². The van der Waals surface area contributed by atoms with E-state index in [2.05, 4.69) is 10.5 Å². The maximum absolute atomic E-state index is 12.5. The van der Waals surface area contributed by atoms with Gasteiger partial charge in [-0.15, -0.1) is 0 Å². The highest BCUT2D eigenvalue weighted by Gasteiger charge is 2.28. The Morgan fingerprint density at radius 3 is 2.96 bits per heavy atom. The van der Waals surface area contributed by atoms with Gasteiger partial charge in [0.05, 0.1) is 11.1 Å². The van der Waals surface area contributed by atoms with E-state index in [1.807, 2.05) is 25.1 Å². The molecular formula is C18H13ClN2O3. The SMILES string of the molecule is Cc1ccc2c(c1)-c1onc(C(=O)Nc3cccc(Cl)c3)c1CO2. The van der Waals surface area contributed by atoms with Gasteiger partial charge in [-0.25, -0.2) is 0 Å². The minimum Gasteiger partial charge on any atom is -0.488 e. The van der Waals surface area contributed by atoms with E-state index in [4.69, 9.17) is 20.9 Å². The number of halogens is 1. The first-order chi connectivity index (χ1) is 11.6. The van der Waals surface area contributed by atoms with Gasteiger partial charge in [-0.3, -0.25) is 4.79 Å². The quantitative estimate of drug-likeness (QED) is 0.748. The monoisotopic (exact) mass is 340 g/mol. The van der Waals surface area contributed by atoms with Gasteiger partial charge in [-0.05, 0) is 37.3 Å². The number of hydrogen-bond donors (Lipinski definition) is 1. The first kappa shape index (κ1) is 14.8. The molecule has 1 aromatic heterocycles. The van der Waals surface area contributed by atoms with Gasteiger partial charge in [0.2, 0.25) is 0 Å². The summed E-state index contributed by atoms with van der Waals surface area (Å²) in [5.74, 6) is 0.948. The van der Waals surface area contributed by atoms with Crippen molar-refractivity contribution in [3.05, 3.63) is 64.3 Å².